The zero-order valence-corrected chi connectivity index (χ0v) is 17.6. The molecule has 0 aliphatic rings. The molecular formula is C22H23N3O4S. The topological polar surface area (TPSA) is 101 Å². The Labute approximate surface area is 177 Å². The number of thiazole rings is 1. The Morgan fingerprint density at radius 1 is 1.13 bits per heavy atom. The summed E-state index contributed by atoms with van der Waals surface area (Å²) in [6.07, 6.45) is 0.311. The van der Waals surface area contributed by atoms with Gasteiger partial charge in [-0.25, -0.2) is 0 Å². The third-order valence-corrected chi connectivity index (χ3v) is 5.70. The summed E-state index contributed by atoms with van der Waals surface area (Å²) in [5, 5.41) is 11.5. The van der Waals surface area contributed by atoms with Crippen molar-refractivity contribution >= 4 is 39.3 Å². The standard InChI is InChI=1S/C22H23N3O4S/c1-3-16(21(29)23-13-12-19(26)27)25-17-6-4-5-7-18(17)30-22(25)24-20(28)15-10-8-14(2)9-11-15/h4-11,16H,3,12-13H2,1-2H3,(H,23,29)(H,26,27). The van der Waals surface area contributed by atoms with Crippen molar-refractivity contribution in [3.05, 3.63) is 64.5 Å². The molecule has 8 heteroatoms. The summed E-state index contributed by atoms with van der Waals surface area (Å²) < 4.78 is 2.67. The number of carbonyl (C=O) groups excluding carboxylic acids is 2. The molecule has 7 nitrogen and oxygen atoms in total. The van der Waals surface area contributed by atoms with Gasteiger partial charge < -0.3 is 15.0 Å². The molecule has 0 spiro atoms. The molecule has 3 rings (SSSR count). The van der Waals surface area contributed by atoms with Gasteiger partial charge in [-0.3, -0.25) is 14.4 Å². The van der Waals surface area contributed by atoms with Crippen molar-refractivity contribution in [3.8, 4) is 0 Å². The van der Waals surface area contributed by atoms with Crippen LogP contribution in [0, 0.1) is 6.92 Å². The van der Waals surface area contributed by atoms with Gasteiger partial charge in [0.1, 0.15) is 6.04 Å². The average Bonchev–Trinajstić information content (AvgIpc) is 3.06. The van der Waals surface area contributed by atoms with Gasteiger partial charge in [0.25, 0.3) is 5.91 Å². The van der Waals surface area contributed by atoms with Gasteiger partial charge in [-0.2, -0.15) is 4.99 Å². The highest BCUT2D eigenvalue weighted by molar-refractivity contribution is 7.16. The number of aryl methyl sites for hydroxylation is 1. The highest BCUT2D eigenvalue weighted by atomic mass is 32.1. The second kappa shape index (κ2) is 9.49. The van der Waals surface area contributed by atoms with E-state index in [1.165, 1.54) is 11.3 Å². The number of hydrogen-bond donors (Lipinski definition) is 2. The molecular weight excluding hydrogens is 402 g/mol. The van der Waals surface area contributed by atoms with E-state index in [4.69, 9.17) is 5.11 Å². The third-order valence-electron chi connectivity index (χ3n) is 4.67. The molecule has 3 aromatic rings. The zero-order valence-electron chi connectivity index (χ0n) is 16.8. The number of carboxylic acids is 1. The van der Waals surface area contributed by atoms with Gasteiger partial charge in [0.05, 0.1) is 16.6 Å². The quantitative estimate of drug-likeness (QED) is 0.606. The van der Waals surface area contributed by atoms with Crippen LogP contribution in [0.4, 0.5) is 0 Å². The predicted octanol–water partition coefficient (Wildman–Crippen LogP) is 3.29. The summed E-state index contributed by atoms with van der Waals surface area (Å²) in [4.78, 5) is 41.0. The summed E-state index contributed by atoms with van der Waals surface area (Å²) in [7, 11) is 0. The van der Waals surface area contributed by atoms with Crippen LogP contribution in [-0.2, 0) is 9.59 Å². The van der Waals surface area contributed by atoms with Crippen LogP contribution in [0.5, 0.6) is 0 Å². The minimum absolute atomic E-state index is 0.0437. The number of benzene rings is 2. The molecule has 0 aliphatic heterocycles. The maximum absolute atomic E-state index is 12.8. The van der Waals surface area contributed by atoms with Gasteiger partial charge >= 0.3 is 5.97 Å². The number of rotatable bonds is 7. The normalized spacial score (nSPS) is 12.7. The molecule has 1 atom stereocenters. The second-order valence-electron chi connectivity index (χ2n) is 6.86. The SMILES string of the molecule is CCC(C(=O)NCCC(=O)O)n1c(=NC(=O)c2ccc(C)cc2)sc2ccccc21. The van der Waals surface area contributed by atoms with Crippen LogP contribution in [0.25, 0.3) is 10.2 Å². The Kier molecular flexibility index (Phi) is 6.79. The van der Waals surface area contributed by atoms with Crippen molar-refractivity contribution in [1.29, 1.82) is 0 Å². The first-order valence-corrected chi connectivity index (χ1v) is 10.5. The summed E-state index contributed by atoms with van der Waals surface area (Å²) in [5.74, 6) is -1.65. The zero-order chi connectivity index (χ0) is 21.7. The summed E-state index contributed by atoms with van der Waals surface area (Å²) in [5.41, 5.74) is 2.33. The van der Waals surface area contributed by atoms with Crippen molar-refractivity contribution in [2.75, 3.05) is 6.54 Å². The van der Waals surface area contributed by atoms with Crippen molar-refractivity contribution in [2.45, 2.75) is 32.7 Å². The van der Waals surface area contributed by atoms with Gasteiger partial charge in [-0.1, -0.05) is 48.1 Å². The van der Waals surface area contributed by atoms with Crippen LogP contribution in [-0.4, -0.2) is 34.0 Å². The largest absolute Gasteiger partial charge is 0.481 e. The maximum Gasteiger partial charge on any atom is 0.305 e. The number of aromatic nitrogens is 1. The number of aliphatic carboxylic acids is 1. The molecule has 0 aliphatic carbocycles. The monoisotopic (exact) mass is 425 g/mol. The Bertz CT molecular complexity index is 1150. The molecule has 1 aromatic heterocycles. The molecule has 0 bridgehead atoms. The molecule has 0 fully saturated rings. The van der Waals surface area contributed by atoms with E-state index in [2.05, 4.69) is 10.3 Å². The van der Waals surface area contributed by atoms with Gasteiger partial charge in [-0.05, 0) is 37.6 Å². The number of nitrogens with one attached hydrogen (secondary N) is 1. The number of nitrogens with zero attached hydrogens (tertiary/aromatic N) is 2. The van der Waals surface area contributed by atoms with Gasteiger partial charge in [0.2, 0.25) is 5.91 Å². The van der Waals surface area contributed by atoms with Crippen LogP contribution in [0.15, 0.2) is 53.5 Å². The molecule has 156 valence electrons. The maximum atomic E-state index is 12.8. The van der Waals surface area contributed by atoms with Crippen LogP contribution in [0.3, 0.4) is 0 Å². The Morgan fingerprint density at radius 3 is 2.50 bits per heavy atom. The number of amides is 2. The van der Waals surface area contributed by atoms with Crippen molar-refractivity contribution in [1.82, 2.24) is 9.88 Å². The lowest BCUT2D eigenvalue weighted by atomic mass is 10.1. The van der Waals surface area contributed by atoms with Gasteiger partial charge in [-0.15, -0.1) is 0 Å². The number of fused-ring (bicyclic) bond motifs is 1. The van der Waals surface area contributed by atoms with E-state index in [1.54, 1.807) is 16.7 Å². The molecule has 0 saturated heterocycles. The van der Waals surface area contributed by atoms with Gasteiger partial charge in [0.15, 0.2) is 4.80 Å². The average molecular weight is 426 g/mol. The smallest absolute Gasteiger partial charge is 0.305 e. The summed E-state index contributed by atoms with van der Waals surface area (Å²) >= 11 is 1.34. The lowest BCUT2D eigenvalue weighted by molar-refractivity contribution is -0.137. The van der Waals surface area contributed by atoms with E-state index in [0.29, 0.717) is 16.8 Å². The molecule has 1 heterocycles. The minimum atomic E-state index is -0.976. The number of carbonyl (C=O) groups is 3. The molecule has 30 heavy (non-hydrogen) atoms. The highest BCUT2D eigenvalue weighted by Gasteiger charge is 2.22. The minimum Gasteiger partial charge on any atom is -0.481 e. The van der Waals surface area contributed by atoms with Crippen LogP contribution >= 0.6 is 11.3 Å². The lowest BCUT2D eigenvalue weighted by Crippen LogP contribution is -2.37. The van der Waals surface area contributed by atoms with E-state index < -0.39 is 12.0 Å². The predicted molar refractivity (Wildman–Crippen MR) is 115 cm³/mol. The molecule has 0 saturated carbocycles. The first-order chi connectivity index (χ1) is 14.4. The van der Waals surface area contributed by atoms with Crippen molar-refractivity contribution in [3.63, 3.8) is 0 Å². The van der Waals surface area contributed by atoms with Crippen LogP contribution in [0.2, 0.25) is 0 Å². The van der Waals surface area contributed by atoms with E-state index in [-0.39, 0.29) is 24.8 Å². The Morgan fingerprint density at radius 2 is 1.83 bits per heavy atom. The molecule has 0 radical (unpaired) electrons. The fourth-order valence-electron chi connectivity index (χ4n) is 3.11. The van der Waals surface area contributed by atoms with E-state index in [0.717, 1.165) is 15.8 Å². The molecule has 2 aromatic carbocycles. The van der Waals surface area contributed by atoms with Crippen molar-refractivity contribution < 1.29 is 19.5 Å². The summed E-state index contributed by atoms with van der Waals surface area (Å²) in [6, 6.07) is 14.1. The first kappa shape index (κ1) is 21.4. The third kappa shape index (κ3) is 4.83. The number of carboxylic acid groups (broad SMARTS) is 1. The molecule has 1 unspecified atom stereocenters. The summed E-state index contributed by atoms with van der Waals surface area (Å²) in [6.45, 7) is 3.86. The Hall–Kier alpha value is -3.26. The van der Waals surface area contributed by atoms with E-state index >= 15 is 0 Å². The fourth-order valence-corrected chi connectivity index (χ4v) is 4.18. The highest BCUT2D eigenvalue weighted by Crippen LogP contribution is 2.22. The van der Waals surface area contributed by atoms with E-state index in [1.807, 2.05) is 50.2 Å². The number of para-hydroxylation sites is 1. The second-order valence-corrected chi connectivity index (χ2v) is 7.87. The molecule has 2 N–H and O–H groups in total. The van der Waals surface area contributed by atoms with Gasteiger partial charge in [0, 0.05) is 12.1 Å². The van der Waals surface area contributed by atoms with E-state index in [9.17, 15) is 14.4 Å². The van der Waals surface area contributed by atoms with Crippen LogP contribution in [0.1, 0.15) is 41.7 Å². The molecule has 2 amide bonds. The lowest BCUT2D eigenvalue weighted by Gasteiger charge is -2.17. The van der Waals surface area contributed by atoms with Crippen LogP contribution < -0.4 is 10.1 Å². The first-order valence-electron chi connectivity index (χ1n) is 9.66. The van der Waals surface area contributed by atoms with Crippen molar-refractivity contribution in [2.24, 2.45) is 4.99 Å². The Balaban J connectivity index is 2.04. The number of hydrogen-bond acceptors (Lipinski definition) is 4. The fraction of sp³-hybridized carbons (Fsp3) is 0.273.